The van der Waals surface area contributed by atoms with Crippen molar-refractivity contribution >= 4 is 37.2 Å². The summed E-state index contributed by atoms with van der Waals surface area (Å²) in [7, 11) is 1.76. The first-order valence-electron chi connectivity index (χ1n) is 8.82. The van der Waals surface area contributed by atoms with Crippen LogP contribution >= 0.6 is 10.7 Å². The van der Waals surface area contributed by atoms with Crippen molar-refractivity contribution in [2.45, 2.75) is 18.1 Å². The zero-order chi connectivity index (χ0) is 20.1. The number of benzene rings is 2. The van der Waals surface area contributed by atoms with E-state index in [1.54, 1.807) is 29.2 Å². The number of nitrogens with zero attached hydrogens (tertiary/aromatic N) is 1. The van der Waals surface area contributed by atoms with Crippen molar-refractivity contribution in [1.82, 2.24) is 4.90 Å². The monoisotopic (exact) mass is 417 g/mol. The molecule has 0 atom stereocenters. The van der Waals surface area contributed by atoms with Crippen LogP contribution in [-0.4, -0.2) is 49.1 Å². The van der Waals surface area contributed by atoms with Crippen molar-refractivity contribution in [2.75, 3.05) is 13.1 Å². The van der Waals surface area contributed by atoms with Crippen molar-refractivity contribution in [2.24, 2.45) is 0 Å². The Morgan fingerprint density at radius 2 is 1.43 bits per heavy atom. The Labute approximate surface area is 166 Å². The van der Waals surface area contributed by atoms with Crippen LogP contribution in [0.1, 0.15) is 55.0 Å². The van der Waals surface area contributed by atoms with Crippen molar-refractivity contribution < 1.29 is 22.8 Å². The van der Waals surface area contributed by atoms with Crippen molar-refractivity contribution in [3.8, 4) is 0 Å². The summed E-state index contributed by atoms with van der Waals surface area (Å²) in [4.78, 5) is 39.8. The molecule has 1 aliphatic carbocycles. The molecule has 0 saturated carbocycles. The molecular weight excluding hydrogens is 402 g/mol. The molecule has 0 aromatic heterocycles. The number of ketones is 2. The van der Waals surface area contributed by atoms with Crippen molar-refractivity contribution in [3.63, 3.8) is 0 Å². The van der Waals surface area contributed by atoms with Gasteiger partial charge in [-0.3, -0.25) is 14.4 Å². The molecule has 2 aliphatic rings. The highest BCUT2D eigenvalue weighted by Crippen LogP contribution is 2.29. The van der Waals surface area contributed by atoms with E-state index in [1.165, 1.54) is 18.2 Å². The molecule has 0 unspecified atom stereocenters. The number of hydrogen-bond acceptors (Lipinski definition) is 5. The fourth-order valence-corrected chi connectivity index (χ4v) is 5.06. The van der Waals surface area contributed by atoms with E-state index in [0.29, 0.717) is 16.7 Å². The number of carbonyl (C=O) groups is 3. The van der Waals surface area contributed by atoms with Gasteiger partial charge < -0.3 is 4.90 Å². The molecule has 1 heterocycles. The number of likely N-dealkylation sites (tertiary alicyclic amines) is 1. The van der Waals surface area contributed by atoms with Crippen molar-refractivity contribution in [3.05, 3.63) is 70.3 Å². The Morgan fingerprint density at radius 1 is 0.893 bits per heavy atom. The van der Waals surface area contributed by atoms with Crippen LogP contribution in [0.5, 0.6) is 0 Å². The van der Waals surface area contributed by atoms with Gasteiger partial charge in [0.2, 0.25) is 9.05 Å². The Morgan fingerprint density at radius 3 is 2.00 bits per heavy atom. The van der Waals surface area contributed by atoms with E-state index in [1.807, 2.05) is 0 Å². The summed E-state index contributed by atoms with van der Waals surface area (Å²) >= 11 is 0. The van der Waals surface area contributed by atoms with E-state index in [0.717, 1.165) is 0 Å². The highest BCUT2D eigenvalue weighted by atomic mass is 35.7. The van der Waals surface area contributed by atoms with E-state index in [-0.39, 0.29) is 54.5 Å². The van der Waals surface area contributed by atoms with Gasteiger partial charge >= 0.3 is 0 Å². The third-order valence-electron chi connectivity index (χ3n) is 5.30. The van der Waals surface area contributed by atoms with Crippen LogP contribution in [0.2, 0.25) is 0 Å². The Hall–Kier alpha value is -2.51. The quantitative estimate of drug-likeness (QED) is 0.598. The predicted octanol–water partition coefficient (Wildman–Crippen LogP) is 2.64. The van der Waals surface area contributed by atoms with Crippen LogP contribution in [0.15, 0.2) is 42.5 Å². The van der Waals surface area contributed by atoms with Crippen LogP contribution in [0.25, 0.3) is 0 Å². The topological polar surface area (TPSA) is 88.6 Å². The normalized spacial score (nSPS) is 17.2. The van der Waals surface area contributed by atoms with Gasteiger partial charge in [0.25, 0.3) is 5.91 Å². The average molecular weight is 418 g/mol. The minimum absolute atomic E-state index is 0.216. The molecule has 1 amide bonds. The summed E-state index contributed by atoms with van der Waals surface area (Å²) in [5.41, 5.74) is 1.49. The number of halogens is 1. The Bertz CT molecular complexity index is 1120. The third-order valence-corrected chi connectivity index (χ3v) is 7.32. The number of rotatable bonds is 2. The van der Waals surface area contributed by atoms with Crippen LogP contribution < -0.4 is 0 Å². The molecule has 0 bridgehead atoms. The number of amides is 1. The smallest absolute Gasteiger partial charge is 0.253 e. The summed E-state index contributed by atoms with van der Waals surface area (Å²) in [5.74, 6) is -0.823. The van der Waals surface area contributed by atoms with E-state index < -0.39 is 14.3 Å². The number of hydrogen-bond donors (Lipinski definition) is 0. The molecule has 0 spiro atoms. The molecule has 1 saturated heterocycles. The van der Waals surface area contributed by atoms with Gasteiger partial charge in [-0.05, 0) is 31.0 Å². The van der Waals surface area contributed by atoms with Gasteiger partial charge in [-0.15, -0.1) is 0 Å². The van der Waals surface area contributed by atoms with Gasteiger partial charge in [-0.1, -0.05) is 24.3 Å². The fourth-order valence-electron chi connectivity index (χ4n) is 3.76. The first kappa shape index (κ1) is 18.8. The molecule has 144 valence electrons. The minimum atomic E-state index is -3.64. The lowest BCUT2D eigenvalue weighted by Crippen LogP contribution is -2.41. The summed E-state index contributed by atoms with van der Waals surface area (Å²) in [6.45, 7) is 0.532. The van der Waals surface area contributed by atoms with Gasteiger partial charge in [0, 0.05) is 51.6 Å². The molecule has 0 radical (unpaired) electrons. The van der Waals surface area contributed by atoms with Crippen molar-refractivity contribution in [1.29, 1.82) is 0 Å². The first-order chi connectivity index (χ1) is 13.3. The maximum atomic E-state index is 12.8. The summed E-state index contributed by atoms with van der Waals surface area (Å²) in [5, 5.41) is -0.655. The van der Waals surface area contributed by atoms with Crippen LogP contribution in [0.4, 0.5) is 0 Å². The van der Waals surface area contributed by atoms with Crippen LogP contribution in [0.3, 0.4) is 0 Å². The molecule has 2 aromatic carbocycles. The lowest BCUT2D eigenvalue weighted by atomic mass is 9.83. The van der Waals surface area contributed by atoms with E-state index in [9.17, 15) is 22.8 Å². The van der Waals surface area contributed by atoms with Crippen LogP contribution in [0, 0.1) is 0 Å². The average Bonchev–Trinajstić information content (AvgIpc) is 2.70. The van der Waals surface area contributed by atoms with Gasteiger partial charge in [0.05, 0.1) is 5.25 Å². The lowest BCUT2D eigenvalue weighted by Gasteiger charge is -2.30. The highest BCUT2D eigenvalue weighted by molar-refractivity contribution is 8.14. The van der Waals surface area contributed by atoms with Gasteiger partial charge in [-0.25, -0.2) is 8.42 Å². The summed E-state index contributed by atoms with van der Waals surface area (Å²) < 4.78 is 22.9. The van der Waals surface area contributed by atoms with E-state index >= 15 is 0 Å². The molecular formula is C20H16ClNO5S. The van der Waals surface area contributed by atoms with Gasteiger partial charge in [-0.2, -0.15) is 0 Å². The molecule has 8 heteroatoms. The summed E-state index contributed by atoms with van der Waals surface area (Å²) in [6.07, 6.45) is 0.542. The zero-order valence-corrected chi connectivity index (χ0v) is 16.3. The summed E-state index contributed by atoms with van der Waals surface area (Å²) in [6, 6.07) is 11.1. The lowest BCUT2D eigenvalue weighted by molar-refractivity contribution is 0.0725. The second kappa shape index (κ2) is 6.83. The fraction of sp³-hybridized carbons (Fsp3) is 0.250. The highest BCUT2D eigenvalue weighted by Gasteiger charge is 2.33. The maximum Gasteiger partial charge on any atom is 0.253 e. The number of carbonyl (C=O) groups excluding carboxylic acids is 3. The second-order valence-electron chi connectivity index (χ2n) is 6.93. The van der Waals surface area contributed by atoms with E-state index in [4.69, 9.17) is 10.7 Å². The molecule has 1 fully saturated rings. The standard InChI is InChI=1S/C20H16ClNO5S/c21-28(26,27)13-7-9-22(10-8-13)20(25)12-5-6-16-17(11-12)19(24)15-4-2-1-3-14(15)18(16)23/h1-6,11,13H,7-10H2. The first-order valence-corrected chi connectivity index (χ1v) is 11.2. The van der Waals surface area contributed by atoms with E-state index in [2.05, 4.69) is 0 Å². The molecule has 4 rings (SSSR count). The molecule has 0 N–H and O–H groups in total. The molecule has 6 nitrogen and oxygen atoms in total. The SMILES string of the molecule is O=C1c2ccccc2C(=O)c2cc(C(=O)N3CCC(S(=O)(=O)Cl)CC3)ccc21. The number of fused-ring (bicyclic) bond motifs is 2. The second-order valence-corrected chi connectivity index (χ2v) is 9.84. The Kier molecular flexibility index (Phi) is 4.59. The zero-order valence-electron chi connectivity index (χ0n) is 14.7. The Balaban J connectivity index is 1.61. The largest absolute Gasteiger partial charge is 0.339 e. The molecule has 2 aromatic rings. The molecule has 28 heavy (non-hydrogen) atoms. The third kappa shape index (κ3) is 3.14. The van der Waals surface area contributed by atoms with Gasteiger partial charge in [0.1, 0.15) is 0 Å². The molecule has 1 aliphatic heterocycles. The number of piperidine rings is 1. The predicted molar refractivity (Wildman–Crippen MR) is 103 cm³/mol. The van der Waals surface area contributed by atoms with Gasteiger partial charge in [0.15, 0.2) is 11.6 Å². The minimum Gasteiger partial charge on any atom is -0.339 e. The maximum absolute atomic E-state index is 12.8. The van der Waals surface area contributed by atoms with Crippen LogP contribution in [-0.2, 0) is 9.05 Å².